The molecule has 0 aromatic heterocycles. The molecule has 0 aliphatic carbocycles. The molecule has 66 valence electrons. The fourth-order valence-corrected chi connectivity index (χ4v) is 1.41. The molecule has 0 spiro atoms. The van der Waals surface area contributed by atoms with Crippen molar-refractivity contribution in [3.05, 3.63) is 24.9 Å². The lowest BCUT2D eigenvalue weighted by Gasteiger charge is -2.18. The van der Waals surface area contributed by atoms with Gasteiger partial charge in [-0.15, -0.1) is 6.58 Å². The van der Waals surface area contributed by atoms with Crippen molar-refractivity contribution in [3.63, 3.8) is 0 Å². The molecule has 1 aliphatic heterocycles. The van der Waals surface area contributed by atoms with Crippen molar-refractivity contribution < 1.29 is 9.90 Å². The number of carboxylic acids is 1. The Kier molecular flexibility index (Phi) is 2.91. The summed E-state index contributed by atoms with van der Waals surface area (Å²) < 4.78 is 0. The fourth-order valence-electron chi connectivity index (χ4n) is 1.41. The number of hydrogen-bond donors (Lipinski definition) is 1. The predicted molar refractivity (Wildman–Crippen MR) is 46.7 cm³/mol. The first-order valence-corrected chi connectivity index (χ1v) is 4.03. The second-order valence-electron chi connectivity index (χ2n) is 2.84. The standard InChI is InChI=1S/C9H13NO2/c1-2-8-4-3-6-10(8)7-5-9(11)12/h2,5,7-8H,1,3-4,6H2,(H,11,12). The summed E-state index contributed by atoms with van der Waals surface area (Å²) in [7, 11) is 0. The van der Waals surface area contributed by atoms with Crippen molar-refractivity contribution in [3.8, 4) is 0 Å². The van der Waals surface area contributed by atoms with Crippen molar-refractivity contribution in [2.24, 2.45) is 0 Å². The highest BCUT2D eigenvalue weighted by Crippen LogP contribution is 2.17. The number of carbonyl (C=O) groups is 1. The molecule has 1 fully saturated rings. The molecule has 1 unspecified atom stereocenters. The summed E-state index contributed by atoms with van der Waals surface area (Å²) in [5.41, 5.74) is 0. The first-order chi connectivity index (χ1) is 5.74. The van der Waals surface area contributed by atoms with E-state index in [0.717, 1.165) is 19.4 Å². The molecule has 0 aromatic carbocycles. The van der Waals surface area contributed by atoms with Gasteiger partial charge in [0.05, 0.1) is 0 Å². The van der Waals surface area contributed by atoms with Crippen LogP contribution < -0.4 is 0 Å². The first-order valence-electron chi connectivity index (χ1n) is 4.03. The quantitative estimate of drug-likeness (QED) is 0.507. The van der Waals surface area contributed by atoms with Gasteiger partial charge in [-0.25, -0.2) is 4.79 Å². The van der Waals surface area contributed by atoms with Crippen LogP contribution in [0.25, 0.3) is 0 Å². The molecule has 12 heavy (non-hydrogen) atoms. The fraction of sp³-hybridized carbons (Fsp3) is 0.444. The van der Waals surface area contributed by atoms with Crippen LogP contribution in [0, 0.1) is 0 Å². The maximum atomic E-state index is 10.2. The van der Waals surface area contributed by atoms with E-state index in [2.05, 4.69) is 6.58 Å². The first kappa shape index (κ1) is 8.84. The Morgan fingerprint density at radius 1 is 1.67 bits per heavy atom. The van der Waals surface area contributed by atoms with Gasteiger partial charge in [0, 0.05) is 24.9 Å². The average molecular weight is 167 g/mol. The van der Waals surface area contributed by atoms with Gasteiger partial charge in [-0.3, -0.25) is 0 Å². The Bertz CT molecular complexity index is 211. The third kappa shape index (κ3) is 2.12. The van der Waals surface area contributed by atoms with Crippen LogP contribution >= 0.6 is 0 Å². The van der Waals surface area contributed by atoms with Crippen LogP contribution in [0.15, 0.2) is 24.9 Å². The molecule has 3 heteroatoms. The molecule has 3 nitrogen and oxygen atoms in total. The van der Waals surface area contributed by atoms with Gasteiger partial charge >= 0.3 is 5.97 Å². The molecule has 0 radical (unpaired) electrons. The second-order valence-corrected chi connectivity index (χ2v) is 2.84. The van der Waals surface area contributed by atoms with Gasteiger partial charge in [0.25, 0.3) is 0 Å². The van der Waals surface area contributed by atoms with Gasteiger partial charge < -0.3 is 10.0 Å². The van der Waals surface area contributed by atoms with Gasteiger partial charge in [0.15, 0.2) is 0 Å². The van der Waals surface area contributed by atoms with Crippen LogP contribution in [-0.2, 0) is 4.79 Å². The van der Waals surface area contributed by atoms with E-state index in [1.165, 1.54) is 6.08 Å². The highest BCUT2D eigenvalue weighted by Gasteiger charge is 2.17. The van der Waals surface area contributed by atoms with E-state index in [1.807, 2.05) is 11.0 Å². The zero-order valence-electron chi connectivity index (χ0n) is 6.94. The summed E-state index contributed by atoms with van der Waals surface area (Å²) in [6.07, 6.45) is 6.84. The van der Waals surface area contributed by atoms with E-state index in [4.69, 9.17) is 5.11 Å². The summed E-state index contributed by atoms with van der Waals surface area (Å²) in [6.45, 7) is 4.63. The molecule has 0 bridgehead atoms. The third-order valence-corrected chi connectivity index (χ3v) is 2.02. The zero-order valence-corrected chi connectivity index (χ0v) is 6.94. The van der Waals surface area contributed by atoms with E-state index < -0.39 is 5.97 Å². The largest absolute Gasteiger partial charge is 0.478 e. The number of rotatable bonds is 3. The Labute approximate surface area is 72.0 Å². The third-order valence-electron chi connectivity index (χ3n) is 2.02. The van der Waals surface area contributed by atoms with Crippen molar-refractivity contribution in [2.75, 3.05) is 6.54 Å². The summed E-state index contributed by atoms with van der Waals surface area (Å²) in [5.74, 6) is -0.898. The van der Waals surface area contributed by atoms with Crippen LogP contribution in [0.4, 0.5) is 0 Å². The summed E-state index contributed by atoms with van der Waals surface area (Å²) in [6, 6.07) is 0.320. The maximum Gasteiger partial charge on any atom is 0.329 e. The molecule has 0 aromatic rings. The molecular weight excluding hydrogens is 154 g/mol. The number of carboxylic acid groups (broad SMARTS) is 1. The van der Waals surface area contributed by atoms with E-state index in [0.29, 0.717) is 6.04 Å². The monoisotopic (exact) mass is 167 g/mol. The minimum atomic E-state index is -0.898. The predicted octanol–water partition coefficient (Wildman–Crippen LogP) is 1.24. The normalized spacial score (nSPS) is 23.3. The molecule has 1 aliphatic rings. The lowest BCUT2D eigenvalue weighted by atomic mass is 10.2. The van der Waals surface area contributed by atoms with Gasteiger partial charge in [0.1, 0.15) is 0 Å². The Hall–Kier alpha value is -1.25. The Morgan fingerprint density at radius 3 is 3.00 bits per heavy atom. The number of likely N-dealkylation sites (tertiary alicyclic amines) is 1. The smallest absolute Gasteiger partial charge is 0.329 e. The lowest BCUT2D eigenvalue weighted by Crippen LogP contribution is -2.21. The van der Waals surface area contributed by atoms with Gasteiger partial charge in [-0.1, -0.05) is 6.08 Å². The van der Waals surface area contributed by atoms with Crippen LogP contribution in [0.5, 0.6) is 0 Å². The molecule has 1 N–H and O–H groups in total. The van der Waals surface area contributed by atoms with Crippen molar-refractivity contribution in [1.29, 1.82) is 0 Å². The molecular formula is C9H13NO2. The van der Waals surface area contributed by atoms with Crippen LogP contribution in [0.2, 0.25) is 0 Å². The summed E-state index contributed by atoms with van der Waals surface area (Å²) >= 11 is 0. The molecule has 1 rings (SSSR count). The second kappa shape index (κ2) is 3.95. The van der Waals surface area contributed by atoms with Crippen LogP contribution in [-0.4, -0.2) is 28.6 Å². The van der Waals surface area contributed by atoms with E-state index in [9.17, 15) is 4.79 Å². The number of aliphatic carboxylic acids is 1. The topological polar surface area (TPSA) is 40.5 Å². The van der Waals surface area contributed by atoms with Crippen molar-refractivity contribution in [2.45, 2.75) is 18.9 Å². The number of hydrogen-bond acceptors (Lipinski definition) is 2. The lowest BCUT2D eigenvalue weighted by molar-refractivity contribution is -0.131. The molecule has 0 saturated carbocycles. The molecule has 1 atom stereocenters. The van der Waals surface area contributed by atoms with Crippen LogP contribution in [0.3, 0.4) is 0 Å². The van der Waals surface area contributed by atoms with E-state index >= 15 is 0 Å². The minimum absolute atomic E-state index is 0.320. The molecule has 1 saturated heterocycles. The highest BCUT2D eigenvalue weighted by atomic mass is 16.4. The average Bonchev–Trinajstić information content (AvgIpc) is 2.47. The van der Waals surface area contributed by atoms with Crippen molar-refractivity contribution >= 4 is 5.97 Å². The minimum Gasteiger partial charge on any atom is -0.478 e. The van der Waals surface area contributed by atoms with E-state index in [-0.39, 0.29) is 0 Å². The zero-order chi connectivity index (χ0) is 8.97. The number of nitrogens with zero attached hydrogens (tertiary/aromatic N) is 1. The van der Waals surface area contributed by atoms with E-state index in [1.54, 1.807) is 6.20 Å². The highest BCUT2D eigenvalue weighted by molar-refractivity contribution is 5.79. The van der Waals surface area contributed by atoms with Gasteiger partial charge in [0.2, 0.25) is 0 Å². The van der Waals surface area contributed by atoms with Crippen molar-refractivity contribution in [1.82, 2.24) is 4.90 Å². The Morgan fingerprint density at radius 2 is 2.42 bits per heavy atom. The maximum absolute atomic E-state index is 10.2. The summed E-state index contributed by atoms with van der Waals surface area (Å²) in [5, 5.41) is 8.39. The van der Waals surface area contributed by atoms with Crippen LogP contribution in [0.1, 0.15) is 12.8 Å². The van der Waals surface area contributed by atoms with Gasteiger partial charge in [-0.05, 0) is 12.8 Å². The SMILES string of the molecule is C=CC1CCCN1C=CC(=O)O. The molecule has 1 heterocycles. The van der Waals surface area contributed by atoms with Gasteiger partial charge in [-0.2, -0.15) is 0 Å². The summed E-state index contributed by atoms with van der Waals surface area (Å²) in [4.78, 5) is 12.2. The molecule has 0 amide bonds. The Balaban J connectivity index is 2.50.